The van der Waals surface area contributed by atoms with Crippen molar-refractivity contribution < 1.29 is 4.79 Å². The van der Waals surface area contributed by atoms with Gasteiger partial charge in [-0.05, 0) is 36.5 Å². The Morgan fingerprint density at radius 1 is 1.00 bits per heavy atom. The molecule has 1 saturated carbocycles. The van der Waals surface area contributed by atoms with Gasteiger partial charge in [0.05, 0.1) is 18.2 Å². The van der Waals surface area contributed by atoms with Gasteiger partial charge in [0.1, 0.15) is 5.82 Å². The SMILES string of the molecule is Cc1cc(NC(=O)Cc2cccc(-c3ccccc3)c2)n(C2CCCCC2)n1. The van der Waals surface area contributed by atoms with Gasteiger partial charge in [0, 0.05) is 6.07 Å². The van der Waals surface area contributed by atoms with Crippen molar-refractivity contribution in [3.8, 4) is 11.1 Å². The Morgan fingerprint density at radius 2 is 1.75 bits per heavy atom. The van der Waals surface area contributed by atoms with Gasteiger partial charge >= 0.3 is 0 Å². The lowest BCUT2D eigenvalue weighted by molar-refractivity contribution is -0.115. The first-order chi connectivity index (χ1) is 13.7. The minimum atomic E-state index is 0.00201. The van der Waals surface area contributed by atoms with Crippen molar-refractivity contribution in [1.82, 2.24) is 9.78 Å². The fourth-order valence-electron chi connectivity index (χ4n) is 4.08. The molecule has 1 heterocycles. The first kappa shape index (κ1) is 18.5. The van der Waals surface area contributed by atoms with E-state index < -0.39 is 0 Å². The number of anilines is 1. The smallest absolute Gasteiger partial charge is 0.229 e. The Balaban J connectivity index is 1.47. The van der Waals surface area contributed by atoms with Crippen LogP contribution in [-0.4, -0.2) is 15.7 Å². The molecule has 0 spiro atoms. The first-order valence-corrected chi connectivity index (χ1v) is 10.2. The Labute approximate surface area is 166 Å². The van der Waals surface area contributed by atoms with Crippen LogP contribution in [0.25, 0.3) is 11.1 Å². The predicted molar refractivity (Wildman–Crippen MR) is 113 cm³/mol. The van der Waals surface area contributed by atoms with E-state index >= 15 is 0 Å². The number of hydrogen-bond acceptors (Lipinski definition) is 2. The molecule has 0 radical (unpaired) electrons. The summed E-state index contributed by atoms with van der Waals surface area (Å²) in [5.41, 5.74) is 4.26. The van der Waals surface area contributed by atoms with Crippen molar-refractivity contribution in [2.45, 2.75) is 51.5 Å². The van der Waals surface area contributed by atoms with Crippen LogP contribution in [0.4, 0.5) is 5.82 Å². The van der Waals surface area contributed by atoms with E-state index in [0.717, 1.165) is 41.0 Å². The Kier molecular flexibility index (Phi) is 5.56. The zero-order valence-electron chi connectivity index (χ0n) is 16.4. The maximum atomic E-state index is 12.7. The van der Waals surface area contributed by atoms with Crippen LogP contribution >= 0.6 is 0 Å². The zero-order valence-corrected chi connectivity index (χ0v) is 16.4. The molecular weight excluding hydrogens is 346 g/mol. The number of aryl methyl sites for hydroxylation is 1. The number of carbonyl (C=O) groups is 1. The molecule has 1 N–H and O–H groups in total. The van der Waals surface area contributed by atoms with Gasteiger partial charge in [-0.25, -0.2) is 4.68 Å². The average Bonchev–Trinajstić information content (AvgIpc) is 3.09. The molecule has 1 aliphatic carbocycles. The molecule has 0 unspecified atom stereocenters. The topological polar surface area (TPSA) is 46.9 Å². The lowest BCUT2D eigenvalue weighted by atomic mass is 9.96. The standard InChI is InChI=1S/C24H27N3O/c1-18-15-23(27(26-18)22-13-6-3-7-14-22)25-24(28)17-19-9-8-12-21(16-19)20-10-4-2-5-11-20/h2,4-5,8-12,15-16,22H,3,6-7,13-14,17H2,1H3,(H,25,28). The van der Waals surface area contributed by atoms with E-state index in [1.165, 1.54) is 19.3 Å². The Hall–Kier alpha value is -2.88. The second-order valence-electron chi connectivity index (χ2n) is 7.70. The van der Waals surface area contributed by atoms with Crippen molar-refractivity contribution in [3.05, 3.63) is 71.9 Å². The summed E-state index contributed by atoms with van der Waals surface area (Å²) in [6, 6.07) is 20.8. The van der Waals surface area contributed by atoms with Crippen LogP contribution in [0.15, 0.2) is 60.7 Å². The quantitative estimate of drug-likeness (QED) is 0.638. The third kappa shape index (κ3) is 4.33. The lowest BCUT2D eigenvalue weighted by Crippen LogP contribution is -2.21. The van der Waals surface area contributed by atoms with E-state index in [4.69, 9.17) is 0 Å². The minimum absolute atomic E-state index is 0.00201. The highest BCUT2D eigenvalue weighted by Crippen LogP contribution is 2.30. The molecule has 4 heteroatoms. The van der Waals surface area contributed by atoms with Crippen molar-refractivity contribution in [3.63, 3.8) is 0 Å². The summed E-state index contributed by atoms with van der Waals surface area (Å²) in [7, 11) is 0. The fourth-order valence-corrected chi connectivity index (χ4v) is 4.08. The molecular formula is C24H27N3O. The molecule has 1 aliphatic rings. The highest BCUT2D eigenvalue weighted by molar-refractivity contribution is 5.91. The normalized spacial score (nSPS) is 14.8. The van der Waals surface area contributed by atoms with E-state index in [2.05, 4.69) is 34.7 Å². The molecule has 4 rings (SSSR count). The number of benzene rings is 2. The molecule has 2 aromatic carbocycles. The van der Waals surface area contributed by atoms with Crippen LogP contribution in [0, 0.1) is 6.92 Å². The number of carbonyl (C=O) groups excluding carboxylic acids is 1. The van der Waals surface area contributed by atoms with Crippen molar-refractivity contribution in [2.75, 3.05) is 5.32 Å². The molecule has 3 aromatic rings. The van der Waals surface area contributed by atoms with Gasteiger partial charge in [0.15, 0.2) is 0 Å². The lowest BCUT2D eigenvalue weighted by Gasteiger charge is -2.24. The summed E-state index contributed by atoms with van der Waals surface area (Å²) in [4.78, 5) is 12.7. The molecule has 1 amide bonds. The number of rotatable bonds is 5. The average molecular weight is 374 g/mol. The summed E-state index contributed by atoms with van der Waals surface area (Å²) in [5, 5.41) is 7.75. The molecule has 1 aromatic heterocycles. The molecule has 1 fully saturated rings. The predicted octanol–water partition coefficient (Wildman–Crippen LogP) is 5.54. The second-order valence-corrected chi connectivity index (χ2v) is 7.70. The summed E-state index contributed by atoms with van der Waals surface area (Å²) in [5.74, 6) is 0.829. The third-order valence-corrected chi connectivity index (χ3v) is 5.44. The van der Waals surface area contributed by atoms with Gasteiger partial charge < -0.3 is 5.32 Å². The zero-order chi connectivity index (χ0) is 19.3. The minimum Gasteiger partial charge on any atom is -0.311 e. The maximum absolute atomic E-state index is 12.7. The first-order valence-electron chi connectivity index (χ1n) is 10.2. The number of nitrogens with one attached hydrogen (secondary N) is 1. The van der Waals surface area contributed by atoms with Gasteiger partial charge in [0.25, 0.3) is 0 Å². The number of amides is 1. The molecule has 0 saturated heterocycles. The van der Waals surface area contributed by atoms with Crippen LogP contribution in [0.3, 0.4) is 0 Å². The summed E-state index contributed by atoms with van der Waals surface area (Å²) < 4.78 is 2.03. The summed E-state index contributed by atoms with van der Waals surface area (Å²) in [6.45, 7) is 1.98. The molecule has 144 valence electrons. The van der Waals surface area contributed by atoms with Crippen molar-refractivity contribution in [2.24, 2.45) is 0 Å². The number of hydrogen-bond donors (Lipinski definition) is 1. The number of aromatic nitrogens is 2. The largest absolute Gasteiger partial charge is 0.311 e. The van der Waals surface area contributed by atoms with E-state index in [1.807, 2.05) is 48.0 Å². The van der Waals surface area contributed by atoms with Gasteiger partial charge in [0.2, 0.25) is 5.91 Å². The molecule has 0 bridgehead atoms. The van der Waals surface area contributed by atoms with E-state index in [9.17, 15) is 4.79 Å². The van der Waals surface area contributed by atoms with E-state index in [-0.39, 0.29) is 5.91 Å². The van der Waals surface area contributed by atoms with Gasteiger partial charge in [-0.3, -0.25) is 4.79 Å². The van der Waals surface area contributed by atoms with Gasteiger partial charge in [-0.15, -0.1) is 0 Å². The van der Waals surface area contributed by atoms with Crippen LogP contribution in [0.1, 0.15) is 49.4 Å². The molecule has 0 atom stereocenters. The molecule has 0 aliphatic heterocycles. The monoisotopic (exact) mass is 373 g/mol. The van der Waals surface area contributed by atoms with Crippen LogP contribution in [-0.2, 0) is 11.2 Å². The highest BCUT2D eigenvalue weighted by atomic mass is 16.1. The van der Waals surface area contributed by atoms with Gasteiger partial charge in [-0.2, -0.15) is 5.10 Å². The van der Waals surface area contributed by atoms with E-state index in [0.29, 0.717) is 12.5 Å². The summed E-state index contributed by atoms with van der Waals surface area (Å²) in [6.07, 6.45) is 6.42. The Morgan fingerprint density at radius 3 is 2.54 bits per heavy atom. The van der Waals surface area contributed by atoms with Crippen LogP contribution in [0.2, 0.25) is 0 Å². The maximum Gasteiger partial charge on any atom is 0.229 e. The fraction of sp³-hybridized carbons (Fsp3) is 0.333. The van der Waals surface area contributed by atoms with E-state index in [1.54, 1.807) is 0 Å². The summed E-state index contributed by atoms with van der Waals surface area (Å²) >= 11 is 0. The Bertz CT molecular complexity index is 939. The highest BCUT2D eigenvalue weighted by Gasteiger charge is 2.20. The van der Waals surface area contributed by atoms with Gasteiger partial charge in [-0.1, -0.05) is 73.9 Å². The van der Waals surface area contributed by atoms with Crippen LogP contribution < -0.4 is 5.32 Å². The second kappa shape index (κ2) is 8.42. The van der Waals surface area contributed by atoms with Crippen molar-refractivity contribution in [1.29, 1.82) is 0 Å². The molecule has 4 nitrogen and oxygen atoms in total. The third-order valence-electron chi connectivity index (χ3n) is 5.44. The number of nitrogens with zero attached hydrogens (tertiary/aromatic N) is 2. The molecule has 28 heavy (non-hydrogen) atoms. The van der Waals surface area contributed by atoms with Crippen LogP contribution in [0.5, 0.6) is 0 Å². The van der Waals surface area contributed by atoms with Crippen molar-refractivity contribution >= 4 is 11.7 Å².